The number of hydrogen-bond donors (Lipinski definition) is 1. The zero-order chi connectivity index (χ0) is 18.3. The van der Waals surface area contributed by atoms with Gasteiger partial charge in [-0.15, -0.1) is 0 Å². The SMILES string of the molecule is O=C(O)Oc1c(Br)cc(Br)c(-c2c(Br)c(Br)c(Br)c(Br)c2Br)c1Br. The standard InChI is InChI=1S/C13H2Br8O3/c14-2-1-3(15)12(24-13(22)23)8(18)4(2)5-6(16)9(19)11(21)10(20)7(5)17/h1H,(H,22,23). The lowest BCUT2D eigenvalue weighted by Crippen LogP contribution is -2.05. The molecule has 2 aromatic rings. The van der Waals surface area contributed by atoms with E-state index in [0.29, 0.717) is 14.5 Å². The smallest absolute Gasteiger partial charge is 0.449 e. The summed E-state index contributed by atoms with van der Waals surface area (Å²) in [4.78, 5) is 11.0. The topological polar surface area (TPSA) is 46.5 Å². The average Bonchev–Trinajstić information content (AvgIpc) is 2.50. The molecule has 0 spiro atoms. The first kappa shape index (κ1) is 21.8. The van der Waals surface area contributed by atoms with Crippen molar-refractivity contribution in [1.82, 2.24) is 0 Å². The van der Waals surface area contributed by atoms with Crippen molar-refractivity contribution >= 4 is 134 Å². The highest BCUT2D eigenvalue weighted by Crippen LogP contribution is 2.54. The molecule has 0 aliphatic heterocycles. The molecule has 2 rings (SSSR count). The van der Waals surface area contributed by atoms with Gasteiger partial charge in [0.25, 0.3) is 0 Å². The van der Waals surface area contributed by atoms with E-state index in [0.717, 1.165) is 32.4 Å². The van der Waals surface area contributed by atoms with Crippen LogP contribution >= 0.6 is 127 Å². The van der Waals surface area contributed by atoms with Crippen molar-refractivity contribution in [3.8, 4) is 16.9 Å². The molecule has 0 unspecified atom stereocenters. The molecule has 3 nitrogen and oxygen atoms in total. The highest BCUT2D eigenvalue weighted by atomic mass is 79.9. The minimum Gasteiger partial charge on any atom is -0.449 e. The van der Waals surface area contributed by atoms with Crippen LogP contribution in [0, 0.1) is 0 Å². The summed E-state index contributed by atoms with van der Waals surface area (Å²) in [5.41, 5.74) is 1.50. The summed E-state index contributed by atoms with van der Waals surface area (Å²) in [6.45, 7) is 0. The Hall–Kier alpha value is 1.55. The molecule has 2 aromatic carbocycles. The molecule has 0 bridgehead atoms. The van der Waals surface area contributed by atoms with Crippen molar-refractivity contribution < 1.29 is 14.6 Å². The van der Waals surface area contributed by atoms with Gasteiger partial charge >= 0.3 is 6.16 Å². The lowest BCUT2D eigenvalue weighted by atomic mass is 10.1. The van der Waals surface area contributed by atoms with Gasteiger partial charge in [0.2, 0.25) is 0 Å². The van der Waals surface area contributed by atoms with Gasteiger partial charge in [0.05, 0.1) is 8.95 Å². The third kappa shape index (κ3) is 4.18. The van der Waals surface area contributed by atoms with Gasteiger partial charge in [0.1, 0.15) is 0 Å². The van der Waals surface area contributed by atoms with Gasteiger partial charge in [0.15, 0.2) is 5.75 Å². The van der Waals surface area contributed by atoms with E-state index in [1.807, 2.05) is 0 Å². The van der Waals surface area contributed by atoms with Crippen LogP contribution in [-0.4, -0.2) is 11.3 Å². The van der Waals surface area contributed by atoms with Gasteiger partial charge in [-0.3, -0.25) is 0 Å². The van der Waals surface area contributed by atoms with E-state index in [1.165, 1.54) is 0 Å². The van der Waals surface area contributed by atoms with E-state index in [1.54, 1.807) is 6.07 Å². The first-order valence-electron chi connectivity index (χ1n) is 5.68. The molecule has 128 valence electrons. The molecule has 1 N–H and O–H groups in total. The first-order chi connectivity index (χ1) is 11.1. The molecule has 24 heavy (non-hydrogen) atoms. The van der Waals surface area contributed by atoms with Crippen LogP contribution in [0.3, 0.4) is 0 Å². The molecule has 0 aromatic heterocycles. The van der Waals surface area contributed by atoms with Crippen LogP contribution in [0.2, 0.25) is 0 Å². The Morgan fingerprint density at radius 2 is 1.17 bits per heavy atom. The second kappa shape index (κ2) is 8.70. The van der Waals surface area contributed by atoms with Gasteiger partial charge in [-0.2, -0.15) is 0 Å². The Labute approximate surface area is 204 Å². The van der Waals surface area contributed by atoms with E-state index in [-0.39, 0.29) is 5.75 Å². The molecular weight excluding hydrogens is 843 g/mol. The molecule has 0 atom stereocenters. The molecule has 0 fully saturated rings. The number of hydrogen-bond acceptors (Lipinski definition) is 2. The fraction of sp³-hybridized carbons (Fsp3) is 0. The highest BCUT2D eigenvalue weighted by molar-refractivity contribution is 9.16. The molecule has 0 aliphatic carbocycles. The molecule has 0 saturated heterocycles. The summed E-state index contributed by atoms with van der Waals surface area (Å²) in [6.07, 6.45) is -1.40. The lowest BCUT2D eigenvalue weighted by Gasteiger charge is -2.18. The summed E-state index contributed by atoms with van der Waals surface area (Å²) < 4.78 is 10.6. The van der Waals surface area contributed by atoms with Crippen molar-refractivity contribution in [2.75, 3.05) is 0 Å². The van der Waals surface area contributed by atoms with Gasteiger partial charge in [0, 0.05) is 38.0 Å². The van der Waals surface area contributed by atoms with Crippen molar-refractivity contribution in [3.05, 3.63) is 41.8 Å². The highest BCUT2D eigenvalue weighted by Gasteiger charge is 2.25. The molecule has 0 saturated carbocycles. The summed E-state index contributed by atoms with van der Waals surface area (Å²) in [7, 11) is 0. The van der Waals surface area contributed by atoms with E-state index < -0.39 is 6.16 Å². The van der Waals surface area contributed by atoms with Crippen LogP contribution in [0.1, 0.15) is 0 Å². The summed E-state index contributed by atoms with van der Waals surface area (Å²) in [6, 6.07) is 1.72. The Bertz CT molecular complexity index is 836. The van der Waals surface area contributed by atoms with Gasteiger partial charge < -0.3 is 9.84 Å². The zero-order valence-corrected chi connectivity index (χ0v) is 23.6. The van der Waals surface area contributed by atoms with Crippen LogP contribution in [0.4, 0.5) is 4.79 Å². The largest absolute Gasteiger partial charge is 0.511 e. The van der Waals surface area contributed by atoms with Gasteiger partial charge in [-0.25, -0.2) is 4.79 Å². The van der Waals surface area contributed by atoms with Crippen molar-refractivity contribution in [2.45, 2.75) is 0 Å². The van der Waals surface area contributed by atoms with E-state index in [4.69, 9.17) is 9.84 Å². The maximum absolute atomic E-state index is 11.0. The molecule has 0 heterocycles. The Balaban J connectivity index is 2.91. The molecular formula is C13H2Br8O3. The van der Waals surface area contributed by atoms with Crippen molar-refractivity contribution in [3.63, 3.8) is 0 Å². The number of benzene rings is 2. The third-order valence-electron chi connectivity index (χ3n) is 2.78. The van der Waals surface area contributed by atoms with Crippen molar-refractivity contribution in [1.29, 1.82) is 0 Å². The molecule has 0 aliphatic rings. The van der Waals surface area contributed by atoms with Gasteiger partial charge in [-0.05, 0) is 118 Å². The van der Waals surface area contributed by atoms with E-state index >= 15 is 0 Å². The number of rotatable bonds is 2. The summed E-state index contributed by atoms with van der Waals surface area (Å²) in [5.74, 6) is 0.162. The average molecular weight is 845 g/mol. The van der Waals surface area contributed by atoms with Crippen molar-refractivity contribution in [2.24, 2.45) is 0 Å². The summed E-state index contributed by atoms with van der Waals surface area (Å²) >= 11 is 28.0. The lowest BCUT2D eigenvalue weighted by molar-refractivity contribution is 0.144. The van der Waals surface area contributed by atoms with Crippen LogP contribution in [0.25, 0.3) is 11.1 Å². The number of carbonyl (C=O) groups is 1. The van der Waals surface area contributed by atoms with Crippen LogP contribution in [-0.2, 0) is 0 Å². The maximum atomic E-state index is 11.0. The Morgan fingerprint density at radius 3 is 1.62 bits per heavy atom. The quantitative estimate of drug-likeness (QED) is 0.142. The second-order valence-electron chi connectivity index (χ2n) is 4.17. The predicted molar refractivity (Wildman–Crippen MR) is 122 cm³/mol. The Morgan fingerprint density at radius 1 is 0.708 bits per heavy atom. The fourth-order valence-corrected chi connectivity index (χ4v) is 7.93. The van der Waals surface area contributed by atoms with Crippen LogP contribution in [0.15, 0.2) is 41.8 Å². The monoisotopic (exact) mass is 837 g/mol. The zero-order valence-electron chi connectivity index (χ0n) is 10.9. The van der Waals surface area contributed by atoms with Crippen LogP contribution in [0.5, 0.6) is 5.75 Å². The fourth-order valence-electron chi connectivity index (χ4n) is 1.81. The maximum Gasteiger partial charge on any atom is 0.511 e. The minimum atomic E-state index is -1.40. The van der Waals surface area contributed by atoms with E-state index in [9.17, 15) is 4.79 Å². The normalized spacial score (nSPS) is 10.8. The van der Waals surface area contributed by atoms with E-state index in [2.05, 4.69) is 127 Å². The number of ether oxygens (including phenoxy) is 1. The minimum absolute atomic E-state index is 0.162. The number of halogens is 8. The number of carboxylic acid groups (broad SMARTS) is 1. The first-order valence-corrected chi connectivity index (χ1v) is 12.0. The predicted octanol–water partition coefficient (Wildman–Crippen LogP) is 9.51. The third-order valence-corrected chi connectivity index (χ3v) is 10.8. The summed E-state index contributed by atoms with van der Waals surface area (Å²) in [5, 5.41) is 8.97. The molecule has 11 heteroatoms. The van der Waals surface area contributed by atoms with Crippen LogP contribution < -0.4 is 4.74 Å². The molecule has 0 amide bonds. The molecule has 0 radical (unpaired) electrons. The second-order valence-corrected chi connectivity index (χ2v) is 10.6. The van der Waals surface area contributed by atoms with Gasteiger partial charge in [-0.1, -0.05) is 15.9 Å². The Kier molecular flexibility index (Phi) is 7.92.